The molecule has 0 spiro atoms. The minimum atomic E-state index is -4.96. The zero-order valence-corrected chi connectivity index (χ0v) is 66.9. The Morgan fingerprint density at radius 1 is 0.283 bits per heavy atom. The monoisotopic (exact) mass is 1450 g/mol. The Balaban J connectivity index is 5.13. The second kappa shape index (κ2) is 69.1. The van der Waals surface area contributed by atoms with Crippen molar-refractivity contribution in [3.8, 4) is 0 Å². The predicted molar refractivity (Wildman–Crippen MR) is 404 cm³/mol. The van der Waals surface area contributed by atoms with Gasteiger partial charge >= 0.3 is 39.5 Å². The number of aliphatic hydroxyl groups is 1. The second-order valence-electron chi connectivity index (χ2n) is 30.5. The van der Waals surface area contributed by atoms with Gasteiger partial charge in [-0.05, 0) is 49.4 Å². The van der Waals surface area contributed by atoms with Gasteiger partial charge in [0.2, 0.25) is 0 Å². The maximum Gasteiger partial charge on any atom is 0.472 e. The van der Waals surface area contributed by atoms with Crippen molar-refractivity contribution < 1.29 is 80.2 Å². The van der Waals surface area contributed by atoms with Gasteiger partial charge in [0.25, 0.3) is 0 Å². The molecule has 0 aliphatic heterocycles. The first kappa shape index (κ1) is 97.1. The highest BCUT2D eigenvalue weighted by Gasteiger charge is 2.30. The lowest BCUT2D eigenvalue weighted by atomic mass is 9.99. The number of aliphatic hydroxyl groups excluding tert-OH is 1. The van der Waals surface area contributed by atoms with Gasteiger partial charge in [0.1, 0.15) is 19.3 Å². The minimum Gasteiger partial charge on any atom is -0.462 e. The van der Waals surface area contributed by atoms with Crippen molar-refractivity contribution in [3.63, 3.8) is 0 Å². The number of unbranched alkanes of at least 4 members (excludes halogenated alkanes) is 42. The standard InChI is InChI=1S/C80H156O17P2/c1-9-73(8)59-51-43-34-27-23-19-14-12-10-11-13-15-20-24-28-35-44-52-60-77(82)90-66-75(97-80(85)63-55-47-37-31-30-33-41-49-57-71(4)5)68-94-98(86,87)92-64-74(81)65-93-99(88,89)95-69-76(67-91-78(83)61-53-45-39-38-42-50-58-72(6)7)96-79(84)62-54-46-36-29-25-21-17-16-18-22-26-32-40-48-56-70(2)3/h70-76,81H,9-69H2,1-8H3,(H,86,87)(H,88,89)/t73?,74-,75-,76-/m1/s1. The highest BCUT2D eigenvalue weighted by Crippen LogP contribution is 2.45. The van der Waals surface area contributed by atoms with Crippen LogP contribution in [0.3, 0.4) is 0 Å². The first-order valence-electron chi connectivity index (χ1n) is 41.2. The van der Waals surface area contributed by atoms with Gasteiger partial charge in [-0.15, -0.1) is 0 Å². The highest BCUT2D eigenvalue weighted by atomic mass is 31.2. The minimum absolute atomic E-state index is 0.105. The van der Waals surface area contributed by atoms with E-state index in [1.165, 1.54) is 205 Å². The average molecular weight is 1450 g/mol. The average Bonchev–Trinajstić information content (AvgIpc) is 0.951. The van der Waals surface area contributed by atoms with Crippen LogP contribution in [0.25, 0.3) is 0 Å². The molecule has 19 heteroatoms. The predicted octanol–water partition coefficient (Wildman–Crippen LogP) is 23.6. The summed E-state index contributed by atoms with van der Waals surface area (Å²) in [4.78, 5) is 72.9. The van der Waals surface area contributed by atoms with Crippen LogP contribution in [-0.4, -0.2) is 96.7 Å². The van der Waals surface area contributed by atoms with E-state index in [1.54, 1.807) is 0 Å². The van der Waals surface area contributed by atoms with Crippen LogP contribution in [0.1, 0.15) is 409 Å². The molecule has 6 atom stereocenters. The molecule has 0 amide bonds. The van der Waals surface area contributed by atoms with Crippen LogP contribution in [-0.2, 0) is 65.4 Å². The Morgan fingerprint density at radius 3 is 0.717 bits per heavy atom. The molecule has 99 heavy (non-hydrogen) atoms. The number of phosphoric acid groups is 2. The summed E-state index contributed by atoms with van der Waals surface area (Å²) in [5, 5.41) is 10.6. The van der Waals surface area contributed by atoms with E-state index in [2.05, 4.69) is 55.4 Å². The van der Waals surface area contributed by atoms with E-state index in [4.69, 9.17) is 37.0 Å². The first-order chi connectivity index (χ1) is 47.6. The third-order valence-corrected chi connectivity index (χ3v) is 20.8. The molecule has 588 valence electrons. The molecule has 0 aromatic rings. The quantitative estimate of drug-likeness (QED) is 0.0222. The number of rotatable bonds is 77. The van der Waals surface area contributed by atoms with Crippen LogP contribution in [0, 0.1) is 23.7 Å². The molecule has 0 aromatic carbocycles. The lowest BCUT2D eigenvalue weighted by Crippen LogP contribution is -2.30. The molecule has 0 radical (unpaired) electrons. The Labute approximate surface area is 607 Å². The summed E-state index contributed by atoms with van der Waals surface area (Å²) < 4.78 is 68.6. The number of carbonyl (C=O) groups excluding carboxylic acids is 4. The number of hydrogen-bond acceptors (Lipinski definition) is 15. The molecule has 3 unspecified atom stereocenters. The van der Waals surface area contributed by atoms with Crippen molar-refractivity contribution in [2.75, 3.05) is 39.6 Å². The first-order valence-corrected chi connectivity index (χ1v) is 44.2. The van der Waals surface area contributed by atoms with Crippen LogP contribution in [0.4, 0.5) is 0 Å². The van der Waals surface area contributed by atoms with Crippen molar-refractivity contribution >= 4 is 39.5 Å². The van der Waals surface area contributed by atoms with Crippen molar-refractivity contribution in [3.05, 3.63) is 0 Å². The van der Waals surface area contributed by atoms with E-state index in [-0.39, 0.29) is 25.7 Å². The zero-order chi connectivity index (χ0) is 73.1. The molecule has 0 rings (SSSR count). The number of carbonyl (C=O) groups is 4. The third kappa shape index (κ3) is 72.8. The highest BCUT2D eigenvalue weighted by molar-refractivity contribution is 7.47. The fourth-order valence-electron chi connectivity index (χ4n) is 12.2. The van der Waals surface area contributed by atoms with E-state index in [0.29, 0.717) is 37.5 Å². The van der Waals surface area contributed by atoms with Crippen LogP contribution < -0.4 is 0 Å². The van der Waals surface area contributed by atoms with Crippen LogP contribution in [0.2, 0.25) is 0 Å². The fourth-order valence-corrected chi connectivity index (χ4v) is 13.8. The second-order valence-corrected chi connectivity index (χ2v) is 33.4. The number of ether oxygens (including phenoxy) is 4. The Morgan fingerprint density at radius 2 is 0.485 bits per heavy atom. The molecule has 0 fully saturated rings. The summed E-state index contributed by atoms with van der Waals surface area (Å²) in [6.07, 6.45) is 55.8. The largest absolute Gasteiger partial charge is 0.472 e. The van der Waals surface area contributed by atoms with Crippen LogP contribution in [0.5, 0.6) is 0 Å². The number of esters is 4. The SMILES string of the molecule is CCC(C)CCCCCCCCCCCCCCCCCCCCC(=O)OC[C@H](COP(=O)(O)OC[C@@H](O)COP(=O)(O)OC[C@@H](COC(=O)CCCCCCCCC(C)C)OC(=O)CCCCCCCCCCCCCCCCC(C)C)OC(=O)CCCCCCCCCCC(C)C. The van der Waals surface area contributed by atoms with E-state index in [9.17, 15) is 43.2 Å². The molecule has 0 saturated heterocycles. The van der Waals surface area contributed by atoms with E-state index < -0.39 is 97.5 Å². The van der Waals surface area contributed by atoms with Gasteiger partial charge in [0.15, 0.2) is 12.2 Å². The van der Waals surface area contributed by atoms with Gasteiger partial charge in [0, 0.05) is 25.7 Å². The van der Waals surface area contributed by atoms with Gasteiger partial charge in [-0.1, -0.05) is 357 Å². The van der Waals surface area contributed by atoms with Gasteiger partial charge < -0.3 is 33.8 Å². The number of hydrogen-bond donors (Lipinski definition) is 3. The topological polar surface area (TPSA) is 237 Å². The molecule has 0 aromatic heterocycles. The van der Waals surface area contributed by atoms with Crippen LogP contribution >= 0.6 is 15.6 Å². The summed E-state index contributed by atoms with van der Waals surface area (Å²) in [5.41, 5.74) is 0. The summed E-state index contributed by atoms with van der Waals surface area (Å²) in [6.45, 7) is 14.2. The molecule has 0 heterocycles. The van der Waals surface area contributed by atoms with Crippen molar-refractivity contribution in [1.82, 2.24) is 0 Å². The Kier molecular flexibility index (Phi) is 67.8. The molecular weight excluding hydrogens is 1290 g/mol. The normalized spacial score (nSPS) is 14.3. The van der Waals surface area contributed by atoms with Crippen molar-refractivity contribution in [2.45, 2.75) is 427 Å². The van der Waals surface area contributed by atoms with Gasteiger partial charge in [-0.25, -0.2) is 9.13 Å². The maximum absolute atomic E-state index is 13.1. The summed E-state index contributed by atoms with van der Waals surface area (Å²) in [5.74, 6) is 0.946. The molecule has 0 aliphatic carbocycles. The lowest BCUT2D eigenvalue weighted by Gasteiger charge is -2.21. The van der Waals surface area contributed by atoms with Gasteiger partial charge in [-0.3, -0.25) is 37.3 Å². The van der Waals surface area contributed by atoms with Gasteiger partial charge in [-0.2, -0.15) is 0 Å². The molecular formula is C80H156O17P2. The Bertz CT molecular complexity index is 1940. The molecule has 0 saturated carbocycles. The summed E-state index contributed by atoms with van der Waals surface area (Å²) >= 11 is 0. The fraction of sp³-hybridized carbons (Fsp3) is 0.950. The van der Waals surface area contributed by atoms with Crippen LogP contribution in [0.15, 0.2) is 0 Å². The summed E-state index contributed by atoms with van der Waals surface area (Å²) in [7, 11) is -9.92. The molecule has 0 bridgehead atoms. The van der Waals surface area contributed by atoms with E-state index in [1.807, 2.05) is 0 Å². The molecule has 0 aliphatic rings. The Hall–Kier alpha value is -1.94. The molecule has 17 nitrogen and oxygen atoms in total. The lowest BCUT2D eigenvalue weighted by molar-refractivity contribution is -0.161. The number of phosphoric ester groups is 2. The third-order valence-electron chi connectivity index (χ3n) is 18.9. The van der Waals surface area contributed by atoms with Crippen molar-refractivity contribution in [2.24, 2.45) is 23.7 Å². The molecule has 3 N–H and O–H groups in total. The summed E-state index contributed by atoms with van der Waals surface area (Å²) in [6, 6.07) is 0. The van der Waals surface area contributed by atoms with Crippen molar-refractivity contribution in [1.29, 1.82) is 0 Å². The van der Waals surface area contributed by atoms with E-state index >= 15 is 0 Å². The smallest absolute Gasteiger partial charge is 0.462 e. The maximum atomic E-state index is 13.1. The van der Waals surface area contributed by atoms with Gasteiger partial charge in [0.05, 0.1) is 26.4 Å². The zero-order valence-electron chi connectivity index (χ0n) is 65.1. The van der Waals surface area contributed by atoms with E-state index in [0.717, 1.165) is 108 Å².